The summed E-state index contributed by atoms with van der Waals surface area (Å²) in [5.41, 5.74) is 2.23. The highest BCUT2D eigenvalue weighted by Crippen LogP contribution is 2.19. The summed E-state index contributed by atoms with van der Waals surface area (Å²) in [6, 6.07) is 6.09. The average molecular weight is 227 g/mol. The third-order valence-corrected chi connectivity index (χ3v) is 2.76. The molecule has 1 aromatic rings. The number of unbranched alkanes of at least 4 members (excludes halogenated alkanes) is 1. The SMILES string of the molecule is CNCCCCNc1ccc(C)c(Cl)c1. The summed E-state index contributed by atoms with van der Waals surface area (Å²) in [7, 11) is 1.98. The topological polar surface area (TPSA) is 24.1 Å². The second kappa shape index (κ2) is 6.70. The molecule has 0 aliphatic carbocycles. The van der Waals surface area contributed by atoms with Crippen LogP contribution in [0.2, 0.25) is 5.02 Å². The number of hydrogen-bond donors (Lipinski definition) is 2. The van der Waals surface area contributed by atoms with Crippen LogP contribution in [-0.2, 0) is 0 Å². The smallest absolute Gasteiger partial charge is 0.0455 e. The lowest BCUT2D eigenvalue weighted by Crippen LogP contribution is -2.10. The Kier molecular flexibility index (Phi) is 5.51. The van der Waals surface area contributed by atoms with Crippen molar-refractivity contribution in [2.24, 2.45) is 0 Å². The van der Waals surface area contributed by atoms with Crippen molar-refractivity contribution in [3.8, 4) is 0 Å². The first-order valence-electron chi connectivity index (χ1n) is 5.38. The quantitative estimate of drug-likeness (QED) is 0.729. The predicted molar refractivity (Wildman–Crippen MR) is 67.8 cm³/mol. The number of halogens is 1. The molecule has 0 saturated carbocycles. The zero-order chi connectivity index (χ0) is 11.1. The molecule has 0 heterocycles. The highest BCUT2D eigenvalue weighted by Gasteiger charge is 1.96. The standard InChI is InChI=1S/C12H19ClN2/c1-10-5-6-11(9-12(10)13)15-8-4-3-7-14-2/h5-6,9,14-15H,3-4,7-8H2,1-2H3. The molecule has 2 N–H and O–H groups in total. The van der Waals surface area contributed by atoms with Gasteiger partial charge in [0.2, 0.25) is 0 Å². The molecular weight excluding hydrogens is 208 g/mol. The Balaban J connectivity index is 2.28. The van der Waals surface area contributed by atoms with Gasteiger partial charge in [0.05, 0.1) is 0 Å². The second-order valence-electron chi connectivity index (χ2n) is 3.70. The summed E-state index contributed by atoms with van der Waals surface area (Å²) in [5, 5.41) is 7.32. The highest BCUT2D eigenvalue weighted by molar-refractivity contribution is 6.31. The Labute approximate surface area is 97.0 Å². The van der Waals surface area contributed by atoms with E-state index in [1.54, 1.807) is 0 Å². The molecule has 0 atom stereocenters. The van der Waals surface area contributed by atoms with E-state index >= 15 is 0 Å². The summed E-state index contributed by atoms with van der Waals surface area (Å²) < 4.78 is 0. The van der Waals surface area contributed by atoms with Gasteiger partial charge in [-0.25, -0.2) is 0 Å². The highest BCUT2D eigenvalue weighted by atomic mass is 35.5. The molecule has 1 aromatic carbocycles. The maximum Gasteiger partial charge on any atom is 0.0455 e. The summed E-state index contributed by atoms with van der Waals surface area (Å²) in [6.45, 7) is 4.09. The number of anilines is 1. The van der Waals surface area contributed by atoms with E-state index in [1.807, 2.05) is 26.1 Å². The second-order valence-corrected chi connectivity index (χ2v) is 4.11. The van der Waals surface area contributed by atoms with Crippen LogP contribution in [0.5, 0.6) is 0 Å². The van der Waals surface area contributed by atoms with E-state index in [9.17, 15) is 0 Å². The molecule has 0 fully saturated rings. The van der Waals surface area contributed by atoms with Crippen LogP contribution in [0.1, 0.15) is 18.4 Å². The number of aryl methyl sites for hydroxylation is 1. The zero-order valence-corrected chi connectivity index (χ0v) is 10.2. The van der Waals surface area contributed by atoms with Gasteiger partial charge in [0.1, 0.15) is 0 Å². The van der Waals surface area contributed by atoms with Crippen LogP contribution in [0.3, 0.4) is 0 Å². The van der Waals surface area contributed by atoms with Crippen molar-refractivity contribution in [3.05, 3.63) is 28.8 Å². The fraction of sp³-hybridized carbons (Fsp3) is 0.500. The molecule has 0 aliphatic heterocycles. The Hall–Kier alpha value is -0.730. The van der Waals surface area contributed by atoms with Crippen LogP contribution >= 0.6 is 11.6 Å². The van der Waals surface area contributed by atoms with Crippen molar-refractivity contribution in [3.63, 3.8) is 0 Å². The first-order chi connectivity index (χ1) is 7.24. The molecule has 0 bridgehead atoms. The lowest BCUT2D eigenvalue weighted by Gasteiger charge is -2.07. The molecule has 1 rings (SSSR count). The maximum absolute atomic E-state index is 6.03. The zero-order valence-electron chi connectivity index (χ0n) is 9.44. The lowest BCUT2D eigenvalue weighted by molar-refractivity contribution is 0.694. The molecule has 0 saturated heterocycles. The van der Waals surface area contributed by atoms with Crippen molar-refractivity contribution in [2.45, 2.75) is 19.8 Å². The lowest BCUT2D eigenvalue weighted by atomic mass is 10.2. The molecular formula is C12H19ClN2. The van der Waals surface area contributed by atoms with Crippen molar-refractivity contribution >= 4 is 17.3 Å². The van der Waals surface area contributed by atoms with E-state index in [4.69, 9.17) is 11.6 Å². The normalized spacial score (nSPS) is 10.3. The Bertz CT molecular complexity index is 300. The van der Waals surface area contributed by atoms with Crippen molar-refractivity contribution in [2.75, 3.05) is 25.5 Å². The van der Waals surface area contributed by atoms with E-state index in [0.717, 1.165) is 29.4 Å². The number of benzene rings is 1. The van der Waals surface area contributed by atoms with E-state index in [1.165, 1.54) is 12.8 Å². The Morgan fingerprint density at radius 3 is 2.60 bits per heavy atom. The van der Waals surface area contributed by atoms with Gasteiger partial charge < -0.3 is 10.6 Å². The van der Waals surface area contributed by atoms with E-state index in [0.29, 0.717) is 0 Å². The number of rotatable bonds is 6. The average Bonchev–Trinajstić information content (AvgIpc) is 2.23. The predicted octanol–water partition coefficient (Wildman–Crippen LogP) is 3.06. The minimum absolute atomic E-state index is 0.829. The van der Waals surface area contributed by atoms with Crippen LogP contribution in [0.25, 0.3) is 0 Å². The number of nitrogens with one attached hydrogen (secondary N) is 2. The summed E-state index contributed by atoms with van der Waals surface area (Å²) in [6.07, 6.45) is 2.37. The molecule has 3 heteroatoms. The molecule has 0 spiro atoms. The van der Waals surface area contributed by atoms with Gasteiger partial charge in [-0.1, -0.05) is 17.7 Å². The third kappa shape index (κ3) is 4.54. The van der Waals surface area contributed by atoms with Crippen LogP contribution in [0.15, 0.2) is 18.2 Å². The summed E-state index contributed by atoms with van der Waals surface area (Å²) >= 11 is 6.03. The summed E-state index contributed by atoms with van der Waals surface area (Å²) in [5.74, 6) is 0. The molecule has 0 aliphatic rings. The van der Waals surface area contributed by atoms with Gasteiger partial charge in [-0.2, -0.15) is 0 Å². The molecule has 2 nitrogen and oxygen atoms in total. The number of hydrogen-bond acceptors (Lipinski definition) is 2. The Morgan fingerprint density at radius 2 is 1.93 bits per heavy atom. The first-order valence-corrected chi connectivity index (χ1v) is 5.76. The first kappa shape index (κ1) is 12.3. The van der Waals surface area contributed by atoms with Crippen LogP contribution < -0.4 is 10.6 Å². The van der Waals surface area contributed by atoms with Gasteiger partial charge in [0.15, 0.2) is 0 Å². The largest absolute Gasteiger partial charge is 0.385 e. The van der Waals surface area contributed by atoms with E-state index < -0.39 is 0 Å². The van der Waals surface area contributed by atoms with Gasteiger partial charge in [-0.05, 0) is 51.1 Å². The van der Waals surface area contributed by atoms with Gasteiger partial charge in [-0.15, -0.1) is 0 Å². The molecule has 0 radical (unpaired) electrons. The van der Waals surface area contributed by atoms with Crippen molar-refractivity contribution < 1.29 is 0 Å². The fourth-order valence-corrected chi connectivity index (χ4v) is 1.54. The molecule has 0 amide bonds. The van der Waals surface area contributed by atoms with Crippen LogP contribution in [-0.4, -0.2) is 20.1 Å². The minimum Gasteiger partial charge on any atom is -0.385 e. The molecule has 15 heavy (non-hydrogen) atoms. The van der Waals surface area contributed by atoms with Gasteiger partial charge >= 0.3 is 0 Å². The van der Waals surface area contributed by atoms with E-state index in [2.05, 4.69) is 16.7 Å². The molecule has 0 unspecified atom stereocenters. The Morgan fingerprint density at radius 1 is 1.20 bits per heavy atom. The third-order valence-electron chi connectivity index (χ3n) is 2.35. The fourth-order valence-electron chi connectivity index (χ4n) is 1.36. The molecule has 0 aromatic heterocycles. The van der Waals surface area contributed by atoms with Gasteiger partial charge in [-0.3, -0.25) is 0 Å². The van der Waals surface area contributed by atoms with Crippen LogP contribution in [0, 0.1) is 6.92 Å². The molecule has 84 valence electrons. The van der Waals surface area contributed by atoms with Crippen LogP contribution in [0.4, 0.5) is 5.69 Å². The van der Waals surface area contributed by atoms with Gasteiger partial charge in [0.25, 0.3) is 0 Å². The van der Waals surface area contributed by atoms with Crippen molar-refractivity contribution in [1.82, 2.24) is 5.32 Å². The monoisotopic (exact) mass is 226 g/mol. The van der Waals surface area contributed by atoms with Gasteiger partial charge in [0, 0.05) is 17.3 Å². The van der Waals surface area contributed by atoms with Crippen molar-refractivity contribution in [1.29, 1.82) is 0 Å². The van der Waals surface area contributed by atoms with E-state index in [-0.39, 0.29) is 0 Å². The summed E-state index contributed by atoms with van der Waals surface area (Å²) in [4.78, 5) is 0. The minimum atomic E-state index is 0.829. The maximum atomic E-state index is 6.03.